The van der Waals surface area contributed by atoms with E-state index < -0.39 is 0 Å². The Hall–Kier alpha value is -1.35. The monoisotopic (exact) mass is 260 g/mol. The Kier molecular flexibility index (Phi) is 4.59. The van der Waals surface area contributed by atoms with E-state index >= 15 is 0 Å². The van der Waals surface area contributed by atoms with Gasteiger partial charge in [0.25, 0.3) is 0 Å². The Morgan fingerprint density at radius 3 is 2.79 bits per heavy atom. The molecule has 0 saturated heterocycles. The van der Waals surface area contributed by atoms with E-state index in [1.165, 1.54) is 11.1 Å². The molecule has 0 fully saturated rings. The van der Waals surface area contributed by atoms with Crippen molar-refractivity contribution < 1.29 is 4.79 Å². The van der Waals surface area contributed by atoms with Crippen LogP contribution in [-0.2, 0) is 11.2 Å². The summed E-state index contributed by atoms with van der Waals surface area (Å²) in [5.74, 6) is 0.801. The van der Waals surface area contributed by atoms with Gasteiger partial charge in [0, 0.05) is 18.2 Å². The number of nitrogens with one attached hydrogen (secondary N) is 2. The van der Waals surface area contributed by atoms with Crippen molar-refractivity contribution >= 4 is 11.6 Å². The Labute approximate surface area is 115 Å². The molecule has 2 N–H and O–H groups in total. The molecule has 0 saturated carbocycles. The molecule has 1 aromatic rings. The molecule has 1 amide bonds. The van der Waals surface area contributed by atoms with Crippen LogP contribution in [0.15, 0.2) is 18.2 Å². The normalized spacial score (nSPS) is 16.7. The zero-order valence-corrected chi connectivity index (χ0v) is 12.1. The van der Waals surface area contributed by atoms with Gasteiger partial charge in [-0.25, -0.2) is 0 Å². The molecule has 1 heterocycles. The second kappa shape index (κ2) is 6.20. The number of hydrogen-bond donors (Lipinski definition) is 2. The van der Waals surface area contributed by atoms with Crippen molar-refractivity contribution in [3.8, 4) is 0 Å². The summed E-state index contributed by atoms with van der Waals surface area (Å²) in [5, 5.41) is 6.38. The minimum absolute atomic E-state index is 0.138. The van der Waals surface area contributed by atoms with Crippen LogP contribution in [0.1, 0.15) is 50.3 Å². The van der Waals surface area contributed by atoms with Gasteiger partial charge in [0.2, 0.25) is 5.91 Å². The van der Waals surface area contributed by atoms with Crippen LogP contribution in [0.25, 0.3) is 0 Å². The number of hydrogen-bond acceptors (Lipinski definition) is 2. The summed E-state index contributed by atoms with van der Waals surface area (Å²) in [6.45, 7) is 4.49. The highest BCUT2D eigenvalue weighted by molar-refractivity contribution is 5.92. The van der Waals surface area contributed by atoms with Crippen LogP contribution in [0.2, 0.25) is 0 Å². The Bertz CT molecular complexity index is 454. The van der Waals surface area contributed by atoms with E-state index in [2.05, 4.69) is 42.7 Å². The van der Waals surface area contributed by atoms with E-state index in [9.17, 15) is 4.79 Å². The van der Waals surface area contributed by atoms with Gasteiger partial charge in [-0.15, -0.1) is 0 Å². The van der Waals surface area contributed by atoms with E-state index in [0.29, 0.717) is 18.4 Å². The molecule has 1 atom stereocenters. The van der Waals surface area contributed by atoms with E-state index in [4.69, 9.17) is 0 Å². The molecule has 19 heavy (non-hydrogen) atoms. The van der Waals surface area contributed by atoms with Crippen molar-refractivity contribution in [2.75, 3.05) is 12.4 Å². The topological polar surface area (TPSA) is 41.1 Å². The van der Waals surface area contributed by atoms with Crippen LogP contribution in [0, 0.1) is 5.92 Å². The van der Waals surface area contributed by atoms with Gasteiger partial charge in [-0.1, -0.05) is 26.0 Å². The van der Waals surface area contributed by atoms with Gasteiger partial charge in [0.05, 0.1) is 0 Å². The summed E-state index contributed by atoms with van der Waals surface area (Å²) in [5.41, 5.74) is 3.59. The van der Waals surface area contributed by atoms with Gasteiger partial charge in [-0.2, -0.15) is 0 Å². The summed E-state index contributed by atoms with van der Waals surface area (Å²) in [6.07, 6.45) is 3.68. The highest BCUT2D eigenvalue weighted by Crippen LogP contribution is 2.28. The fourth-order valence-electron chi connectivity index (χ4n) is 2.70. The Morgan fingerprint density at radius 2 is 2.11 bits per heavy atom. The lowest BCUT2D eigenvalue weighted by molar-refractivity contribution is -0.116. The second-order valence-electron chi connectivity index (χ2n) is 5.79. The van der Waals surface area contributed by atoms with Crippen LogP contribution in [0.5, 0.6) is 0 Å². The molecule has 0 aromatic heterocycles. The average molecular weight is 260 g/mol. The van der Waals surface area contributed by atoms with Crippen molar-refractivity contribution in [1.82, 2.24) is 5.32 Å². The molecule has 0 radical (unpaired) electrons. The summed E-state index contributed by atoms with van der Waals surface area (Å²) in [7, 11) is 2.01. The van der Waals surface area contributed by atoms with Crippen molar-refractivity contribution in [1.29, 1.82) is 0 Å². The molecule has 3 nitrogen and oxygen atoms in total. The van der Waals surface area contributed by atoms with E-state index in [1.807, 2.05) is 7.05 Å². The minimum atomic E-state index is 0.138. The predicted molar refractivity (Wildman–Crippen MR) is 79.3 cm³/mol. The van der Waals surface area contributed by atoms with Crippen LogP contribution in [0.4, 0.5) is 5.69 Å². The van der Waals surface area contributed by atoms with E-state index in [0.717, 1.165) is 24.9 Å². The standard InChI is InChI=1S/C16H24N2O/c1-11(2)9-15(17-3)13-7-8-14-12(10-13)5-4-6-16(19)18-14/h7-8,10-11,15,17H,4-6,9H2,1-3H3,(H,18,19). The van der Waals surface area contributed by atoms with Gasteiger partial charge >= 0.3 is 0 Å². The van der Waals surface area contributed by atoms with Crippen molar-refractivity contribution in [2.24, 2.45) is 5.92 Å². The summed E-state index contributed by atoms with van der Waals surface area (Å²) in [6, 6.07) is 6.83. The third kappa shape index (κ3) is 3.57. The number of amides is 1. The lowest BCUT2D eigenvalue weighted by Gasteiger charge is -2.20. The third-order valence-electron chi connectivity index (χ3n) is 3.71. The molecule has 104 valence electrons. The van der Waals surface area contributed by atoms with Gasteiger partial charge in [0.15, 0.2) is 0 Å². The summed E-state index contributed by atoms with van der Waals surface area (Å²) < 4.78 is 0. The number of benzene rings is 1. The average Bonchev–Trinajstić information content (AvgIpc) is 2.55. The predicted octanol–water partition coefficient (Wildman–Crippen LogP) is 3.27. The number of carbonyl (C=O) groups is 1. The third-order valence-corrected chi connectivity index (χ3v) is 3.71. The Morgan fingerprint density at radius 1 is 1.32 bits per heavy atom. The SMILES string of the molecule is CNC(CC(C)C)c1ccc2c(c1)CCCC(=O)N2. The maximum Gasteiger partial charge on any atom is 0.224 e. The maximum atomic E-state index is 11.5. The zero-order chi connectivity index (χ0) is 13.8. The molecular weight excluding hydrogens is 236 g/mol. The highest BCUT2D eigenvalue weighted by atomic mass is 16.1. The van der Waals surface area contributed by atoms with Crippen LogP contribution in [0.3, 0.4) is 0 Å². The first kappa shape index (κ1) is 14.1. The molecule has 1 aliphatic rings. The first-order valence-corrected chi connectivity index (χ1v) is 7.20. The lowest BCUT2D eigenvalue weighted by Crippen LogP contribution is -2.18. The lowest BCUT2D eigenvalue weighted by atomic mass is 9.94. The van der Waals surface area contributed by atoms with Gasteiger partial charge in [-0.05, 0) is 49.4 Å². The van der Waals surface area contributed by atoms with Crippen molar-refractivity contribution in [3.63, 3.8) is 0 Å². The van der Waals surface area contributed by atoms with E-state index in [-0.39, 0.29) is 5.91 Å². The largest absolute Gasteiger partial charge is 0.326 e. The summed E-state index contributed by atoms with van der Waals surface area (Å²) in [4.78, 5) is 11.5. The smallest absolute Gasteiger partial charge is 0.224 e. The number of carbonyl (C=O) groups excluding carboxylic acids is 1. The number of rotatable bonds is 4. The Balaban J connectivity index is 2.24. The summed E-state index contributed by atoms with van der Waals surface area (Å²) >= 11 is 0. The van der Waals surface area contributed by atoms with Crippen molar-refractivity contribution in [3.05, 3.63) is 29.3 Å². The molecule has 1 aromatic carbocycles. The molecule has 0 bridgehead atoms. The van der Waals surface area contributed by atoms with Crippen LogP contribution < -0.4 is 10.6 Å². The first-order valence-electron chi connectivity index (χ1n) is 7.20. The number of aryl methyl sites for hydroxylation is 1. The second-order valence-corrected chi connectivity index (χ2v) is 5.79. The number of anilines is 1. The molecular formula is C16H24N2O. The molecule has 1 unspecified atom stereocenters. The van der Waals surface area contributed by atoms with Gasteiger partial charge in [-0.3, -0.25) is 4.79 Å². The first-order chi connectivity index (χ1) is 9.10. The van der Waals surface area contributed by atoms with Gasteiger partial charge in [0.1, 0.15) is 0 Å². The van der Waals surface area contributed by atoms with Crippen LogP contribution in [-0.4, -0.2) is 13.0 Å². The van der Waals surface area contributed by atoms with Crippen molar-refractivity contribution in [2.45, 2.75) is 45.6 Å². The van der Waals surface area contributed by atoms with E-state index in [1.54, 1.807) is 0 Å². The fourth-order valence-corrected chi connectivity index (χ4v) is 2.70. The molecule has 0 aliphatic carbocycles. The highest BCUT2D eigenvalue weighted by Gasteiger charge is 2.16. The fraction of sp³-hybridized carbons (Fsp3) is 0.562. The molecule has 0 spiro atoms. The molecule has 3 heteroatoms. The quantitative estimate of drug-likeness (QED) is 0.872. The minimum Gasteiger partial charge on any atom is -0.326 e. The maximum absolute atomic E-state index is 11.5. The zero-order valence-electron chi connectivity index (χ0n) is 12.1. The van der Waals surface area contributed by atoms with Gasteiger partial charge < -0.3 is 10.6 Å². The number of fused-ring (bicyclic) bond motifs is 1. The van der Waals surface area contributed by atoms with Crippen LogP contribution >= 0.6 is 0 Å². The molecule has 1 aliphatic heterocycles. The molecule has 2 rings (SSSR count).